The lowest BCUT2D eigenvalue weighted by atomic mass is 9.77. The first-order chi connectivity index (χ1) is 7.85. The van der Waals surface area contributed by atoms with Crippen molar-refractivity contribution in [3.05, 3.63) is 0 Å². The van der Waals surface area contributed by atoms with E-state index in [1.165, 1.54) is 38.5 Å². The van der Waals surface area contributed by atoms with Gasteiger partial charge in [0, 0.05) is 25.2 Å². The third-order valence-electron chi connectivity index (χ3n) is 4.15. The molecule has 0 bridgehead atoms. The molecular weight excluding hydrogens is 202 g/mol. The quantitative estimate of drug-likeness (QED) is 0.751. The van der Waals surface area contributed by atoms with Crippen molar-refractivity contribution in [3.8, 4) is 0 Å². The second-order valence-corrected chi connectivity index (χ2v) is 5.47. The average molecular weight is 227 g/mol. The summed E-state index contributed by atoms with van der Waals surface area (Å²) in [5.74, 6) is 0. The van der Waals surface area contributed by atoms with Gasteiger partial charge in [0.15, 0.2) is 0 Å². The van der Waals surface area contributed by atoms with Gasteiger partial charge in [0.2, 0.25) is 0 Å². The van der Waals surface area contributed by atoms with E-state index in [0.29, 0.717) is 12.7 Å². The van der Waals surface area contributed by atoms with E-state index in [9.17, 15) is 5.11 Å². The molecule has 16 heavy (non-hydrogen) atoms. The molecule has 0 radical (unpaired) electrons. The Hall–Kier alpha value is -0.120. The van der Waals surface area contributed by atoms with Gasteiger partial charge in [-0.1, -0.05) is 6.42 Å². The van der Waals surface area contributed by atoms with Crippen LogP contribution in [0.4, 0.5) is 0 Å². The molecule has 0 saturated carbocycles. The van der Waals surface area contributed by atoms with Gasteiger partial charge < -0.3 is 15.2 Å². The van der Waals surface area contributed by atoms with Crippen molar-refractivity contribution in [2.45, 2.75) is 51.0 Å². The molecule has 0 spiro atoms. The second-order valence-electron chi connectivity index (χ2n) is 5.47. The van der Waals surface area contributed by atoms with E-state index in [-0.39, 0.29) is 5.41 Å². The molecule has 94 valence electrons. The summed E-state index contributed by atoms with van der Waals surface area (Å²) in [5, 5.41) is 13.0. The molecule has 0 aliphatic carbocycles. The Kier molecular flexibility index (Phi) is 4.62. The van der Waals surface area contributed by atoms with Crippen LogP contribution in [-0.2, 0) is 4.74 Å². The molecule has 0 aromatic carbocycles. The molecule has 0 aromatic rings. The molecule has 2 N–H and O–H groups in total. The number of aliphatic hydroxyl groups excluding tert-OH is 1. The van der Waals surface area contributed by atoms with Gasteiger partial charge in [-0.2, -0.15) is 0 Å². The molecule has 2 aliphatic heterocycles. The molecule has 0 amide bonds. The predicted octanol–water partition coefficient (Wildman–Crippen LogP) is 1.70. The van der Waals surface area contributed by atoms with Crippen LogP contribution in [0.25, 0.3) is 0 Å². The molecule has 2 rings (SSSR count). The minimum absolute atomic E-state index is 0.164. The minimum atomic E-state index is 0.164. The van der Waals surface area contributed by atoms with Crippen LogP contribution < -0.4 is 5.32 Å². The average Bonchev–Trinajstić information content (AvgIpc) is 2.83. The maximum Gasteiger partial charge on any atom is 0.0576 e. The van der Waals surface area contributed by atoms with Crippen LogP contribution in [0.2, 0.25) is 0 Å². The van der Waals surface area contributed by atoms with Gasteiger partial charge in [0.05, 0.1) is 6.10 Å². The Morgan fingerprint density at radius 3 is 2.94 bits per heavy atom. The smallest absolute Gasteiger partial charge is 0.0576 e. The topological polar surface area (TPSA) is 41.5 Å². The molecule has 3 nitrogen and oxygen atoms in total. The predicted molar refractivity (Wildman–Crippen MR) is 64.4 cm³/mol. The Morgan fingerprint density at radius 1 is 1.38 bits per heavy atom. The summed E-state index contributed by atoms with van der Waals surface area (Å²) in [5.41, 5.74) is 0.164. The number of aliphatic hydroxyl groups is 1. The van der Waals surface area contributed by atoms with E-state index in [1.54, 1.807) is 0 Å². The number of nitrogens with one attached hydrogen (secondary N) is 1. The van der Waals surface area contributed by atoms with Crippen molar-refractivity contribution in [1.29, 1.82) is 0 Å². The summed E-state index contributed by atoms with van der Waals surface area (Å²) < 4.78 is 5.63. The maximum absolute atomic E-state index is 9.56. The number of hydrogen-bond donors (Lipinski definition) is 2. The number of hydrogen-bond acceptors (Lipinski definition) is 3. The van der Waals surface area contributed by atoms with Crippen molar-refractivity contribution in [1.82, 2.24) is 5.32 Å². The summed E-state index contributed by atoms with van der Waals surface area (Å²) in [4.78, 5) is 0. The first-order valence-electron chi connectivity index (χ1n) is 6.78. The molecule has 2 atom stereocenters. The lowest BCUT2D eigenvalue weighted by Crippen LogP contribution is -2.42. The van der Waals surface area contributed by atoms with Gasteiger partial charge in [-0.15, -0.1) is 0 Å². The third-order valence-corrected chi connectivity index (χ3v) is 4.15. The van der Waals surface area contributed by atoms with Crippen molar-refractivity contribution in [3.63, 3.8) is 0 Å². The molecule has 3 heteroatoms. The summed E-state index contributed by atoms with van der Waals surface area (Å²) in [6, 6.07) is 0. The van der Waals surface area contributed by atoms with Crippen molar-refractivity contribution < 1.29 is 9.84 Å². The normalized spacial score (nSPS) is 35.4. The molecule has 2 aliphatic rings. The van der Waals surface area contributed by atoms with E-state index >= 15 is 0 Å². The standard InChI is InChI=1S/C13H25NO2/c15-11-13(7-3-8-14-10-13)6-1-4-12-5-2-9-16-12/h12,14-15H,1-11H2. The molecule has 2 fully saturated rings. The zero-order valence-corrected chi connectivity index (χ0v) is 10.2. The van der Waals surface area contributed by atoms with Crippen LogP contribution in [0.3, 0.4) is 0 Å². The van der Waals surface area contributed by atoms with E-state index < -0.39 is 0 Å². The lowest BCUT2D eigenvalue weighted by molar-refractivity contribution is 0.0681. The fourth-order valence-electron chi connectivity index (χ4n) is 3.03. The maximum atomic E-state index is 9.56. The van der Waals surface area contributed by atoms with Gasteiger partial charge in [-0.25, -0.2) is 0 Å². The third kappa shape index (κ3) is 3.19. The summed E-state index contributed by atoms with van der Waals surface area (Å²) in [6.45, 7) is 3.41. The molecule has 2 heterocycles. The van der Waals surface area contributed by atoms with Crippen LogP contribution >= 0.6 is 0 Å². The highest BCUT2D eigenvalue weighted by atomic mass is 16.5. The highest BCUT2D eigenvalue weighted by molar-refractivity contribution is 4.85. The minimum Gasteiger partial charge on any atom is -0.396 e. The Bertz CT molecular complexity index is 196. The molecule has 0 aromatic heterocycles. The first kappa shape index (κ1) is 12.3. The first-order valence-corrected chi connectivity index (χ1v) is 6.78. The van der Waals surface area contributed by atoms with Crippen LogP contribution in [-0.4, -0.2) is 37.5 Å². The molecule has 2 unspecified atom stereocenters. The van der Waals surface area contributed by atoms with Crippen molar-refractivity contribution in [2.75, 3.05) is 26.3 Å². The van der Waals surface area contributed by atoms with Crippen molar-refractivity contribution in [2.24, 2.45) is 5.41 Å². The van der Waals surface area contributed by atoms with Gasteiger partial charge in [0.25, 0.3) is 0 Å². The zero-order chi connectivity index (χ0) is 11.3. The van der Waals surface area contributed by atoms with Gasteiger partial charge in [-0.05, 0) is 45.1 Å². The van der Waals surface area contributed by atoms with E-state index in [1.807, 2.05) is 0 Å². The van der Waals surface area contributed by atoms with Crippen LogP contribution in [0.5, 0.6) is 0 Å². The fourth-order valence-corrected chi connectivity index (χ4v) is 3.03. The van der Waals surface area contributed by atoms with E-state index in [0.717, 1.165) is 26.1 Å². The Morgan fingerprint density at radius 2 is 2.31 bits per heavy atom. The monoisotopic (exact) mass is 227 g/mol. The summed E-state index contributed by atoms with van der Waals surface area (Å²) in [7, 11) is 0. The SMILES string of the molecule is OCC1(CCCC2CCCO2)CCCNC1. The molecular formula is C13H25NO2. The van der Waals surface area contributed by atoms with Crippen LogP contribution in [0, 0.1) is 5.41 Å². The lowest BCUT2D eigenvalue weighted by Gasteiger charge is -2.36. The van der Waals surface area contributed by atoms with Gasteiger partial charge in [0.1, 0.15) is 0 Å². The zero-order valence-electron chi connectivity index (χ0n) is 10.2. The summed E-state index contributed by atoms with van der Waals surface area (Å²) >= 11 is 0. The highest BCUT2D eigenvalue weighted by Crippen LogP contribution is 2.32. The van der Waals surface area contributed by atoms with E-state index in [2.05, 4.69) is 5.32 Å². The largest absolute Gasteiger partial charge is 0.396 e. The number of rotatable bonds is 5. The van der Waals surface area contributed by atoms with Gasteiger partial charge >= 0.3 is 0 Å². The number of ether oxygens (including phenoxy) is 1. The fraction of sp³-hybridized carbons (Fsp3) is 1.00. The Balaban J connectivity index is 1.69. The van der Waals surface area contributed by atoms with E-state index in [4.69, 9.17) is 4.74 Å². The summed E-state index contributed by atoms with van der Waals surface area (Å²) in [6.07, 6.45) is 8.90. The Labute approximate surface area is 98.6 Å². The molecule has 2 saturated heterocycles. The highest BCUT2D eigenvalue weighted by Gasteiger charge is 2.31. The second kappa shape index (κ2) is 5.99. The van der Waals surface area contributed by atoms with Crippen LogP contribution in [0.15, 0.2) is 0 Å². The van der Waals surface area contributed by atoms with Crippen LogP contribution in [0.1, 0.15) is 44.9 Å². The van der Waals surface area contributed by atoms with Gasteiger partial charge in [-0.3, -0.25) is 0 Å². The number of piperidine rings is 1. The van der Waals surface area contributed by atoms with Crippen molar-refractivity contribution >= 4 is 0 Å².